The van der Waals surface area contributed by atoms with Crippen molar-refractivity contribution < 1.29 is 9.59 Å². The summed E-state index contributed by atoms with van der Waals surface area (Å²) in [6.45, 7) is 3.30. The van der Waals surface area contributed by atoms with Gasteiger partial charge in [-0.15, -0.1) is 0 Å². The average molecular weight is 385 g/mol. The fraction of sp³-hybridized carbons (Fsp3) is 0.625. The van der Waals surface area contributed by atoms with Crippen LogP contribution < -0.4 is 5.32 Å². The van der Waals surface area contributed by atoms with E-state index in [9.17, 15) is 9.59 Å². The third-order valence-electron chi connectivity index (χ3n) is 4.78. The third kappa shape index (κ3) is 3.38. The Morgan fingerprint density at radius 3 is 2.82 bits per heavy atom. The first kappa shape index (κ1) is 16.0. The van der Waals surface area contributed by atoms with Crippen LogP contribution >= 0.6 is 27.3 Å². The Morgan fingerprint density at radius 2 is 2.23 bits per heavy atom. The SMILES string of the molecule is CCC(=O)NCC1CC2(CC2)CN1C(=O)Cc1cscc1Br. The predicted molar refractivity (Wildman–Crippen MR) is 90.8 cm³/mol. The smallest absolute Gasteiger partial charge is 0.227 e. The first-order chi connectivity index (χ1) is 10.5. The van der Waals surface area contributed by atoms with Crippen molar-refractivity contribution in [2.75, 3.05) is 13.1 Å². The van der Waals surface area contributed by atoms with E-state index in [1.807, 2.05) is 22.6 Å². The second-order valence-electron chi connectivity index (χ2n) is 6.46. The van der Waals surface area contributed by atoms with Gasteiger partial charge in [-0.3, -0.25) is 9.59 Å². The van der Waals surface area contributed by atoms with Crippen molar-refractivity contribution in [1.29, 1.82) is 0 Å². The summed E-state index contributed by atoms with van der Waals surface area (Å²) in [7, 11) is 0. The van der Waals surface area contributed by atoms with Gasteiger partial charge in [0.05, 0.1) is 6.42 Å². The summed E-state index contributed by atoms with van der Waals surface area (Å²) in [6, 6.07) is 0.155. The van der Waals surface area contributed by atoms with Crippen molar-refractivity contribution in [2.24, 2.45) is 5.41 Å². The largest absolute Gasteiger partial charge is 0.354 e. The molecule has 4 nitrogen and oxygen atoms in total. The second kappa shape index (κ2) is 6.32. The summed E-state index contributed by atoms with van der Waals surface area (Å²) in [5.41, 5.74) is 1.41. The molecule has 0 bridgehead atoms. The van der Waals surface area contributed by atoms with Crippen LogP contribution in [0.5, 0.6) is 0 Å². The minimum absolute atomic E-state index is 0.0599. The molecule has 0 aromatic carbocycles. The maximum atomic E-state index is 12.7. The number of thiophene rings is 1. The van der Waals surface area contributed by atoms with Crippen molar-refractivity contribution >= 4 is 39.1 Å². The van der Waals surface area contributed by atoms with Gasteiger partial charge in [-0.25, -0.2) is 0 Å². The molecule has 2 aliphatic rings. The van der Waals surface area contributed by atoms with E-state index in [-0.39, 0.29) is 17.9 Å². The molecule has 1 aromatic rings. The van der Waals surface area contributed by atoms with Crippen LogP contribution in [0.4, 0.5) is 0 Å². The molecule has 1 aliphatic carbocycles. The fourth-order valence-corrected chi connectivity index (χ4v) is 4.68. The molecule has 1 unspecified atom stereocenters. The molecule has 2 amide bonds. The Balaban J connectivity index is 1.65. The Bertz CT molecular complexity index is 582. The third-order valence-corrected chi connectivity index (χ3v) is 6.61. The molecular weight excluding hydrogens is 364 g/mol. The molecule has 3 rings (SSSR count). The lowest BCUT2D eigenvalue weighted by atomic mass is 10.0. The van der Waals surface area contributed by atoms with Crippen molar-refractivity contribution in [3.05, 3.63) is 20.8 Å². The molecule has 1 saturated carbocycles. The zero-order valence-electron chi connectivity index (χ0n) is 12.7. The van der Waals surface area contributed by atoms with Gasteiger partial charge in [-0.05, 0) is 51.6 Å². The summed E-state index contributed by atoms with van der Waals surface area (Å²) < 4.78 is 1.02. The number of nitrogens with zero attached hydrogens (tertiary/aromatic N) is 1. The normalized spacial score (nSPS) is 22.1. The highest BCUT2D eigenvalue weighted by molar-refractivity contribution is 9.10. The van der Waals surface area contributed by atoms with Crippen LogP contribution in [0.2, 0.25) is 0 Å². The van der Waals surface area contributed by atoms with Crippen LogP contribution in [0.3, 0.4) is 0 Å². The van der Waals surface area contributed by atoms with E-state index in [1.165, 1.54) is 12.8 Å². The zero-order chi connectivity index (χ0) is 15.7. The molecule has 1 spiro atoms. The molecular formula is C16H21BrN2O2S. The van der Waals surface area contributed by atoms with E-state index in [0.29, 0.717) is 24.8 Å². The molecule has 2 heterocycles. The van der Waals surface area contributed by atoms with Gasteiger partial charge in [0.15, 0.2) is 0 Å². The number of amides is 2. The van der Waals surface area contributed by atoms with E-state index in [2.05, 4.69) is 21.2 Å². The van der Waals surface area contributed by atoms with Crippen LogP contribution in [-0.2, 0) is 16.0 Å². The second-order valence-corrected chi connectivity index (χ2v) is 8.06. The van der Waals surface area contributed by atoms with Gasteiger partial charge in [0.2, 0.25) is 11.8 Å². The Morgan fingerprint density at radius 1 is 1.45 bits per heavy atom. The number of hydrogen-bond acceptors (Lipinski definition) is 3. The molecule has 6 heteroatoms. The predicted octanol–water partition coefficient (Wildman–Crippen LogP) is 2.96. The van der Waals surface area contributed by atoms with Crippen LogP contribution in [0, 0.1) is 5.41 Å². The Hall–Kier alpha value is -0.880. The van der Waals surface area contributed by atoms with Gasteiger partial charge in [0, 0.05) is 35.4 Å². The zero-order valence-corrected chi connectivity index (χ0v) is 15.1. The molecule has 1 N–H and O–H groups in total. The monoisotopic (exact) mass is 384 g/mol. The number of carbonyl (C=O) groups excluding carboxylic acids is 2. The van der Waals surface area contributed by atoms with E-state index < -0.39 is 0 Å². The van der Waals surface area contributed by atoms with Crippen LogP contribution in [0.1, 0.15) is 38.2 Å². The van der Waals surface area contributed by atoms with Crippen LogP contribution in [-0.4, -0.2) is 35.8 Å². The molecule has 2 fully saturated rings. The highest BCUT2D eigenvalue weighted by Crippen LogP contribution is 2.54. The summed E-state index contributed by atoms with van der Waals surface area (Å²) in [4.78, 5) is 26.2. The van der Waals surface area contributed by atoms with Crippen molar-refractivity contribution in [2.45, 2.75) is 45.1 Å². The maximum Gasteiger partial charge on any atom is 0.227 e. The minimum atomic E-state index is 0.0599. The summed E-state index contributed by atoms with van der Waals surface area (Å²) in [5.74, 6) is 0.239. The van der Waals surface area contributed by atoms with E-state index in [0.717, 1.165) is 23.0 Å². The number of nitrogens with one attached hydrogen (secondary N) is 1. The first-order valence-electron chi connectivity index (χ1n) is 7.80. The highest BCUT2D eigenvalue weighted by atomic mass is 79.9. The van der Waals surface area contributed by atoms with E-state index in [1.54, 1.807) is 11.3 Å². The summed E-state index contributed by atoms with van der Waals surface area (Å²) >= 11 is 5.10. The highest BCUT2D eigenvalue weighted by Gasteiger charge is 2.52. The van der Waals surface area contributed by atoms with Gasteiger partial charge in [0.1, 0.15) is 0 Å². The van der Waals surface area contributed by atoms with Gasteiger partial charge in [-0.2, -0.15) is 11.3 Å². The molecule has 1 atom stereocenters. The summed E-state index contributed by atoms with van der Waals surface area (Å²) in [6.07, 6.45) is 4.41. The molecule has 22 heavy (non-hydrogen) atoms. The average Bonchev–Trinajstić information content (AvgIpc) is 2.97. The summed E-state index contributed by atoms with van der Waals surface area (Å²) in [5, 5.41) is 6.99. The Kier molecular flexibility index (Phi) is 4.59. The van der Waals surface area contributed by atoms with Crippen molar-refractivity contribution in [1.82, 2.24) is 10.2 Å². The Labute approximate surface area is 143 Å². The molecule has 1 saturated heterocycles. The fourth-order valence-electron chi connectivity index (χ4n) is 3.23. The number of likely N-dealkylation sites (tertiary alicyclic amines) is 1. The molecule has 1 aromatic heterocycles. The standard InChI is InChI=1S/C16H21BrN2O2S/c1-2-14(20)18-7-12-6-16(3-4-16)10-19(12)15(21)5-11-8-22-9-13(11)17/h8-9,12H,2-7,10H2,1H3,(H,18,20). The van der Waals surface area contributed by atoms with Gasteiger partial charge in [0.25, 0.3) is 0 Å². The number of rotatable bonds is 5. The molecule has 120 valence electrons. The number of hydrogen-bond donors (Lipinski definition) is 1. The lowest BCUT2D eigenvalue weighted by molar-refractivity contribution is -0.132. The minimum Gasteiger partial charge on any atom is -0.354 e. The number of halogens is 1. The quantitative estimate of drug-likeness (QED) is 0.847. The van der Waals surface area contributed by atoms with Gasteiger partial charge >= 0.3 is 0 Å². The van der Waals surface area contributed by atoms with Crippen molar-refractivity contribution in [3.8, 4) is 0 Å². The molecule has 0 radical (unpaired) electrons. The molecule has 1 aliphatic heterocycles. The first-order valence-corrected chi connectivity index (χ1v) is 9.53. The lowest BCUT2D eigenvalue weighted by Crippen LogP contribution is -2.43. The van der Waals surface area contributed by atoms with Gasteiger partial charge in [-0.1, -0.05) is 6.92 Å². The van der Waals surface area contributed by atoms with E-state index >= 15 is 0 Å². The lowest BCUT2D eigenvalue weighted by Gasteiger charge is -2.25. The maximum absolute atomic E-state index is 12.7. The topological polar surface area (TPSA) is 49.4 Å². The van der Waals surface area contributed by atoms with Gasteiger partial charge < -0.3 is 10.2 Å². The van der Waals surface area contributed by atoms with Crippen LogP contribution in [0.15, 0.2) is 15.2 Å². The van der Waals surface area contributed by atoms with E-state index in [4.69, 9.17) is 0 Å². The van der Waals surface area contributed by atoms with Crippen molar-refractivity contribution in [3.63, 3.8) is 0 Å². The number of carbonyl (C=O) groups is 2. The van der Waals surface area contributed by atoms with Crippen LogP contribution in [0.25, 0.3) is 0 Å².